The topological polar surface area (TPSA) is 56.8 Å². The van der Waals surface area contributed by atoms with Crippen molar-refractivity contribution in [2.75, 3.05) is 39.3 Å². The van der Waals surface area contributed by atoms with Gasteiger partial charge in [-0.15, -0.1) is 0 Å². The van der Waals surface area contributed by atoms with Crippen LogP contribution in [0.1, 0.15) is 31.2 Å². The predicted molar refractivity (Wildman–Crippen MR) is 131 cm³/mol. The fraction of sp³-hybridized carbons (Fsp3) is 0.346. The number of hydrogen-bond donors (Lipinski definition) is 0. The molecule has 0 bridgehead atoms. The minimum atomic E-state index is -4.41. The molecule has 188 valence electrons. The molecule has 1 aromatic heterocycles. The van der Waals surface area contributed by atoms with Crippen molar-refractivity contribution in [2.24, 2.45) is 0 Å². The molecule has 3 aromatic rings. The van der Waals surface area contributed by atoms with E-state index in [4.69, 9.17) is 0 Å². The zero-order valence-corrected chi connectivity index (χ0v) is 20.5. The van der Waals surface area contributed by atoms with E-state index < -0.39 is 11.7 Å². The monoisotopic (exact) mass is 514 g/mol. The molecule has 36 heavy (non-hydrogen) atoms. The molecule has 2 aliphatic heterocycles. The summed E-state index contributed by atoms with van der Waals surface area (Å²) >= 11 is 1.21. The Morgan fingerprint density at radius 1 is 0.944 bits per heavy atom. The molecule has 0 radical (unpaired) electrons. The highest BCUT2D eigenvalue weighted by atomic mass is 32.1. The van der Waals surface area contributed by atoms with Crippen LogP contribution in [0.5, 0.6) is 0 Å². The minimum Gasteiger partial charge on any atom is -0.335 e. The third kappa shape index (κ3) is 4.87. The summed E-state index contributed by atoms with van der Waals surface area (Å²) < 4.78 is 43.3. The highest BCUT2D eigenvalue weighted by Gasteiger charge is 2.37. The SMILES string of the molecule is Cc1cc(C(=O)N2CC(N3CCN(C(=O)c4ccns4)CC3)C2)ccc1-c1cccc(C(F)(F)F)c1. The fourth-order valence-electron chi connectivity index (χ4n) is 4.79. The Bertz CT molecular complexity index is 1260. The van der Waals surface area contributed by atoms with Crippen molar-refractivity contribution < 1.29 is 22.8 Å². The molecule has 0 N–H and O–H groups in total. The molecule has 0 unspecified atom stereocenters. The lowest BCUT2D eigenvalue weighted by Gasteiger charge is -2.48. The molecule has 2 aliphatic rings. The van der Waals surface area contributed by atoms with E-state index in [1.54, 1.807) is 48.4 Å². The Balaban J connectivity index is 1.17. The van der Waals surface area contributed by atoms with Gasteiger partial charge in [0.2, 0.25) is 0 Å². The molecule has 0 atom stereocenters. The highest BCUT2D eigenvalue weighted by Crippen LogP contribution is 2.33. The van der Waals surface area contributed by atoms with Gasteiger partial charge < -0.3 is 9.80 Å². The van der Waals surface area contributed by atoms with Gasteiger partial charge >= 0.3 is 6.18 Å². The van der Waals surface area contributed by atoms with Crippen LogP contribution < -0.4 is 0 Å². The molecule has 6 nitrogen and oxygen atoms in total. The molecular weight excluding hydrogens is 489 g/mol. The molecule has 5 rings (SSSR count). The average molecular weight is 515 g/mol. The van der Waals surface area contributed by atoms with Gasteiger partial charge in [0.15, 0.2) is 0 Å². The number of alkyl halides is 3. The molecule has 2 saturated heterocycles. The average Bonchev–Trinajstić information content (AvgIpc) is 3.37. The van der Waals surface area contributed by atoms with E-state index in [-0.39, 0.29) is 17.9 Å². The predicted octanol–water partition coefficient (Wildman–Crippen LogP) is 4.42. The second kappa shape index (κ2) is 9.67. The van der Waals surface area contributed by atoms with Gasteiger partial charge in [0.1, 0.15) is 4.88 Å². The van der Waals surface area contributed by atoms with Gasteiger partial charge in [-0.3, -0.25) is 14.5 Å². The third-order valence-electron chi connectivity index (χ3n) is 6.89. The fourth-order valence-corrected chi connectivity index (χ4v) is 5.35. The van der Waals surface area contributed by atoms with Crippen molar-refractivity contribution in [3.8, 4) is 11.1 Å². The van der Waals surface area contributed by atoms with Crippen LogP contribution in [0.4, 0.5) is 13.2 Å². The molecule has 0 spiro atoms. The smallest absolute Gasteiger partial charge is 0.335 e. The van der Waals surface area contributed by atoms with Crippen LogP contribution in [0.15, 0.2) is 54.7 Å². The third-order valence-corrected chi connectivity index (χ3v) is 7.62. The van der Waals surface area contributed by atoms with Crippen LogP contribution >= 0.6 is 11.5 Å². The largest absolute Gasteiger partial charge is 0.416 e. The Morgan fingerprint density at radius 2 is 1.69 bits per heavy atom. The number of nitrogens with zero attached hydrogens (tertiary/aromatic N) is 4. The van der Waals surface area contributed by atoms with E-state index in [1.807, 2.05) is 4.90 Å². The summed E-state index contributed by atoms with van der Waals surface area (Å²) in [5.74, 6) is -0.0598. The lowest BCUT2D eigenvalue weighted by Crippen LogP contribution is -2.64. The molecule has 3 heterocycles. The quantitative estimate of drug-likeness (QED) is 0.517. The number of likely N-dealkylation sites (tertiary alicyclic amines) is 1. The molecule has 2 aromatic carbocycles. The zero-order chi connectivity index (χ0) is 25.4. The normalized spacial score (nSPS) is 17.2. The Kier molecular flexibility index (Phi) is 6.57. The molecule has 0 aliphatic carbocycles. The van der Waals surface area contributed by atoms with Gasteiger partial charge in [-0.25, -0.2) is 4.37 Å². The lowest BCUT2D eigenvalue weighted by atomic mass is 9.96. The van der Waals surface area contributed by atoms with Crippen molar-refractivity contribution >= 4 is 23.3 Å². The maximum absolute atomic E-state index is 13.1. The van der Waals surface area contributed by atoms with Gasteiger partial charge in [-0.2, -0.15) is 13.2 Å². The van der Waals surface area contributed by atoms with E-state index in [0.717, 1.165) is 30.8 Å². The standard InChI is InChI=1S/C26H25F3N4O2S/c1-17-13-19(5-6-22(17)18-3-2-4-20(14-18)26(27,28)29)24(34)33-15-21(16-33)31-9-11-32(12-10-31)25(35)23-7-8-30-36-23/h2-8,13-14,21H,9-12,15-16H2,1H3. The van der Waals surface area contributed by atoms with E-state index in [2.05, 4.69) is 9.27 Å². The van der Waals surface area contributed by atoms with Gasteiger partial charge in [0.25, 0.3) is 11.8 Å². The van der Waals surface area contributed by atoms with E-state index in [1.165, 1.54) is 17.6 Å². The summed E-state index contributed by atoms with van der Waals surface area (Å²) in [5, 5.41) is 0. The van der Waals surface area contributed by atoms with Crippen LogP contribution in [0.25, 0.3) is 11.1 Å². The zero-order valence-electron chi connectivity index (χ0n) is 19.7. The summed E-state index contributed by atoms with van der Waals surface area (Å²) in [4.78, 5) is 32.1. The van der Waals surface area contributed by atoms with Crippen molar-refractivity contribution in [3.05, 3.63) is 76.3 Å². The summed E-state index contributed by atoms with van der Waals surface area (Å²) in [7, 11) is 0. The number of amides is 2. The summed E-state index contributed by atoms with van der Waals surface area (Å²) in [6.45, 7) is 5.88. The van der Waals surface area contributed by atoms with Gasteiger partial charge in [0, 0.05) is 57.1 Å². The highest BCUT2D eigenvalue weighted by molar-refractivity contribution is 7.08. The molecule has 10 heteroatoms. The summed E-state index contributed by atoms with van der Waals surface area (Å²) in [6.07, 6.45) is -2.77. The first kappa shape index (κ1) is 24.5. The van der Waals surface area contributed by atoms with Gasteiger partial charge in [0.05, 0.1) is 5.56 Å². The number of carbonyl (C=O) groups is 2. The van der Waals surface area contributed by atoms with Crippen LogP contribution in [0, 0.1) is 6.92 Å². The number of benzene rings is 2. The van der Waals surface area contributed by atoms with Crippen molar-refractivity contribution in [1.82, 2.24) is 19.1 Å². The Labute approximate surface area is 211 Å². The van der Waals surface area contributed by atoms with Gasteiger partial charge in [-0.05, 0) is 65.5 Å². The first-order chi connectivity index (χ1) is 17.2. The maximum atomic E-state index is 13.1. The number of hydrogen-bond acceptors (Lipinski definition) is 5. The Hall–Kier alpha value is -3.24. The number of piperazine rings is 1. The number of aryl methyl sites for hydroxylation is 1. The van der Waals surface area contributed by atoms with Gasteiger partial charge in [-0.1, -0.05) is 18.2 Å². The van der Waals surface area contributed by atoms with Crippen LogP contribution in [0.2, 0.25) is 0 Å². The second-order valence-electron chi connectivity index (χ2n) is 9.18. The van der Waals surface area contributed by atoms with Crippen molar-refractivity contribution in [1.29, 1.82) is 0 Å². The molecule has 0 saturated carbocycles. The lowest BCUT2D eigenvalue weighted by molar-refractivity contribution is -0.137. The van der Waals surface area contributed by atoms with E-state index in [9.17, 15) is 22.8 Å². The molecule has 2 amide bonds. The van der Waals surface area contributed by atoms with Crippen LogP contribution in [-0.4, -0.2) is 76.2 Å². The molecular formula is C26H25F3N4O2S. The van der Waals surface area contributed by atoms with Crippen LogP contribution in [0.3, 0.4) is 0 Å². The van der Waals surface area contributed by atoms with Crippen LogP contribution in [-0.2, 0) is 6.18 Å². The minimum absolute atomic E-state index is 0.0199. The van der Waals surface area contributed by atoms with E-state index in [0.29, 0.717) is 47.7 Å². The Morgan fingerprint density at radius 3 is 2.33 bits per heavy atom. The number of carbonyl (C=O) groups excluding carboxylic acids is 2. The second-order valence-corrected chi connectivity index (χ2v) is 10.0. The number of aromatic nitrogens is 1. The van der Waals surface area contributed by atoms with Crippen molar-refractivity contribution in [2.45, 2.75) is 19.1 Å². The number of rotatable bonds is 4. The molecule has 2 fully saturated rings. The first-order valence-corrected chi connectivity index (χ1v) is 12.5. The summed E-state index contributed by atoms with van der Waals surface area (Å²) in [5.41, 5.74) is 1.73. The van der Waals surface area contributed by atoms with E-state index >= 15 is 0 Å². The van der Waals surface area contributed by atoms with Crippen molar-refractivity contribution in [3.63, 3.8) is 0 Å². The maximum Gasteiger partial charge on any atom is 0.416 e. The first-order valence-electron chi connectivity index (χ1n) is 11.7. The number of halogens is 3. The summed E-state index contributed by atoms with van der Waals surface area (Å²) in [6, 6.07) is 12.4.